The minimum atomic E-state index is -5.04. The third-order valence-corrected chi connectivity index (χ3v) is 8.01. The topological polar surface area (TPSA) is 57.3 Å². The average molecular weight is 617 g/mol. The van der Waals surface area contributed by atoms with Gasteiger partial charge in [-0.25, -0.2) is 0 Å². The third kappa shape index (κ3) is 8.62. The zero-order valence-corrected chi connectivity index (χ0v) is 24.5. The van der Waals surface area contributed by atoms with E-state index < -0.39 is 41.0 Å². The molecule has 0 radical (unpaired) electrons. The number of ether oxygens (including phenoxy) is 2. The van der Waals surface area contributed by atoms with E-state index in [1.165, 1.54) is 4.90 Å². The van der Waals surface area contributed by atoms with Gasteiger partial charge in [0.05, 0.1) is 30.4 Å². The summed E-state index contributed by atoms with van der Waals surface area (Å²) >= 11 is 0. The van der Waals surface area contributed by atoms with E-state index in [1.807, 2.05) is 25.1 Å². The van der Waals surface area contributed by atoms with Crippen LogP contribution in [0.25, 0.3) is 0 Å². The summed E-state index contributed by atoms with van der Waals surface area (Å²) in [5, 5.41) is 3.12. The number of hydrogen-bond donors (Lipinski definition) is 1. The predicted molar refractivity (Wildman–Crippen MR) is 150 cm³/mol. The highest BCUT2D eigenvalue weighted by Crippen LogP contribution is 2.37. The summed E-state index contributed by atoms with van der Waals surface area (Å²) in [6.45, 7) is 7.01. The van der Waals surface area contributed by atoms with Gasteiger partial charge in [-0.1, -0.05) is 12.1 Å². The Morgan fingerprint density at radius 3 is 2.21 bits per heavy atom. The number of amides is 1. The van der Waals surface area contributed by atoms with E-state index in [0.29, 0.717) is 51.4 Å². The maximum Gasteiger partial charge on any atom is 0.416 e. The van der Waals surface area contributed by atoms with Crippen LogP contribution in [0.2, 0.25) is 0 Å². The van der Waals surface area contributed by atoms with Gasteiger partial charge in [-0.2, -0.15) is 26.3 Å². The molecule has 2 fully saturated rings. The van der Waals surface area contributed by atoms with Gasteiger partial charge in [0.25, 0.3) is 5.91 Å². The highest BCUT2D eigenvalue weighted by Gasteiger charge is 2.39. The fraction of sp³-hybridized carbons (Fsp3) is 0.567. The molecule has 1 amide bonds. The van der Waals surface area contributed by atoms with Gasteiger partial charge in [-0.3, -0.25) is 14.6 Å². The van der Waals surface area contributed by atoms with Crippen molar-refractivity contribution in [1.82, 2.24) is 14.7 Å². The van der Waals surface area contributed by atoms with Crippen LogP contribution < -0.4 is 5.32 Å². The van der Waals surface area contributed by atoms with Crippen LogP contribution in [0.5, 0.6) is 0 Å². The Balaban J connectivity index is 1.57. The van der Waals surface area contributed by atoms with Crippen LogP contribution in [-0.2, 0) is 28.2 Å². The Labute approximate surface area is 247 Å². The normalized spacial score (nSPS) is 20.8. The number of nitrogens with zero attached hydrogens (tertiary/aromatic N) is 3. The number of methoxy groups -OCH3 is 1. The Morgan fingerprint density at radius 2 is 1.60 bits per heavy atom. The first-order valence-electron chi connectivity index (χ1n) is 14.2. The SMILES string of the molecule is CNc1cc(CC2CN(CCN3CCOC(COC)C3)CCN2C(=O)c2cc(C(F)(F)F)cc(C(F)(F)F)c2)ccc1C. The number of benzene rings is 2. The number of nitrogens with one attached hydrogen (secondary N) is 1. The number of halogens is 6. The highest BCUT2D eigenvalue weighted by atomic mass is 19.4. The molecule has 0 aromatic heterocycles. The maximum absolute atomic E-state index is 13.7. The van der Waals surface area contributed by atoms with Gasteiger partial charge in [0.15, 0.2) is 0 Å². The summed E-state index contributed by atoms with van der Waals surface area (Å²) in [6.07, 6.45) is -9.71. The van der Waals surface area contributed by atoms with Crippen molar-refractivity contribution in [3.63, 3.8) is 0 Å². The largest absolute Gasteiger partial charge is 0.416 e. The van der Waals surface area contributed by atoms with Crippen molar-refractivity contribution in [2.75, 3.05) is 78.5 Å². The van der Waals surface area contributed by atoms with Crippen molar-refractivity contribution in [2.45, 2.75) is 37.8 Å². The molecule has 2 atom stereocenters. The van der Waals surface area contributed by atoms with Crippen molar-refractivity contribution in [3.05, 3.63) is 64.2 Å². The summed E-state index contributed by atoms with van der Waals surface area (Å²) < 4.78 is 92.2. The molecule has 2 aliphatic heterocycles. The molecule has 2 aromatic carbocycles. The lowest BCUT2D eigenvalue weighted by atomic mass is 9.98. The number of aryl methyl sites for hydroxylation is 1. The first kappa shape index (κ1) is 33.0. The van der Waals surface area contributed by atoms with Crippen LogP contribution in [0, 0.1) is 6.92 Å². The van der Waals surface area contributed by atoms with Gasteiger partial charge < -0.3 is 19.7 Å². The van der Waals surface area contributed by atoms with E-state index >= 15 is 0 Å². The monoisotopic (exact) mass is 616 g/mol. The van der Waals surface area contributed by atoms with Crippen LogP contribution in [0.3, 0.4) is 0 Å². The molecule has 238 valence electrons. The van der Waals surface area contributed by atoms with Crippen LogP contribution in [-0.4, -0.2) is 106 Å². The lowest BCUT2D eigenvalue weighted by Gasteiger charge is -2.43. The van der Waals surface area contributed by atoms with E-state index in [4.69, 9.17) is 9.47 Å². The van der Waals surface area contributed by atoms with Gasteiger partial charge in [0.1, 0.15) is 0 Å². The molecule has 2 unspecified atom stereocenters. The number of alkyl halides is 6. The minimum Gasteiger partial charge on any atom is -0.388 e. The number of anilines is 1. The average Bonchev–Trinajstić information content (AvgIpc) is 2.96. The van der Waals surface area contributed by atoms with Gasteiger partial charge in [0, 0.05) is 77.3 Å². The summed E-state index contributed by atoms with van der Waals surface area (Å²) in [7, 11) is 3.42. The lowest BCUT2D eigenvalue weighted by molar-refractivity contribution is -0.143. The van der Waals surface area contributed by atoms with E-state index in [0.717, 1.165) is 36.4 Å². The lowest BCUT2D eigenvalue weighted by Crippen LogP contribution is -2.57. The van der Waals surface area contributed by atoms with Crippen LogP contribution in [0.1, 0.15) is 32.6 Å². The van der Waals surface area contributed by atoms with Crippen molar-refractivity contribution in [1.29, 1.82) is 0 Å². The molecule has 0 aliphatic carbocycles. The van der Waals surface area contributed by atoms with Gasteiger partial charge >= 0.3 is 12.4 Å². The van der Waals surface area contributed by atoms with Gasteiger partial charge in [-0.05, 0) is 48.7 Å². The first-order chi connectivity index (χ1) is 20.3. The maximum atomic E-state index is 13.7. The second-order valence-corrected chi connectivity index (χ2v) is 11.1. The van der Waals surface area contributed by atoms with Crippen molar-refractivity contribution < 1.29 is 40.6 Å². The Morgan fingerprint density at radius 1 is 0.953 bits per heavy atom. The molecule has 1 N–H and O–H groups in total. The molecule has 2 aromatic rings. The first-order valence-corrected chi connectivity index (χ1v) is 14.2. The summed E-state index contributed by atoms with van der Waals surface area (Å²) in [5.41, 5.74) is -0.821. The number of morpholine rings is 1. The number of piperazine rings is 1. The zero-order chi connectivity index (χ0) is 31.4. The third-order valence-electron chi connectivity index (χ3n) is 8.01. The number of carbonyl (C=O) groups is 1. The molecule has 13 heteroatoms. The molecule has 2 heterocycles. The summed E-state index contributed by atoms with van der Waals surface area (Å²) in [6, 6.07) is 6.41. The number of carbonyl (C=O) groups excluding carboxylic acids is 1. The van der Waals surface area contributed by atoms with Crippen molar-refractivity contribution in [3.8, 4) is 0 Å². The molecular formula is C30H38F6N4O3. The molecule has 2 aliphatic rings. The second kappa shape index (κ2) is 13.8. The van der Waals surface area contributed by atoms with Crippen LogP contribution in [0.15, 0.2) is 36.4 Å². The predicted octanol–water partition coefficient (Wildman–Crippen LogP) is 4.79. The fourth-order valence-corrected chi connectivity index (χ4v) is 5.70. The molecule has 0 saturated carbocycles. The second-order valence-electron chi connectivity index (χ2n) is 11.1. The summed E-state index contributed by atoms with van der Waals surface area (Å²) in [4.78, 5) is 19.6. The van der Waals surface area contributed by atoms with Gasteiger partial charge in [0.2, 0.25) is 0 Å². The fourth-order valence-electron chi connectivity index (χ4n) is 5.70. The van der Waals surface area contributed by atoms with Gasteiger partial charge in [-0.15, -0.1) is 0 Å². The molecule has 0 bridgehead atoms. The molecule has 2 saturated heterocycles. The Kier molecular flexibility index (Phi) is 10.6. The van der Waals surface area contributed by atoms with Crippen molar-refractivity contribution >= 4 is 11.6 Å². The molecular weight excluding hydrogens is 578 g/mol. The van der Waals surface area contributed by atoms with E-state index in [1.54, 1.807) is 14.2 Å². The Hall–Kier alpha value is -2.87. The standard InChI is InChI=1S/C30H38F6N4O3/c1-20-4-5-21(13-27(20)37-2)12-25-17-38(6-7-39-10-11-43-26(18-39)19-42-3)8-9-40(25)28(41)22-14-23(29(31,32)33)16-24(15-22)30(34,35)36/h4-5,13-16,25-26,37H,6-12,17-19H2,1-3H3. The van der Waals surface area contributed by atoms with Crippen molar-refractivity contribution in [2.24, 2.45) is 0 Å². The van der Waals surface area contributed by atoms with Crippen LogP contribution in [0.4, 0.5) is 32.0 Å². The zero-order valence-electron chi connectivity index (χ0n) is 24.5. The Bertz CT molecular complexity index is 1220. The smallest absolute Gasteiger partial charge is 0.388 e. The van der Waals surface area contributed by atoms with E-state index in [2.05, 4.69) is 15.1 Å². The van der Waals surface area contributed by atoms with E-state index in [9.17, 15) is 31.1 Å². The highest BCUT2D eigenvalue weighted by molar-refractivity contribution is 5.95. The molecule has 0 spiro atoms. The quantitative estimate of drug-likeness (QED) is 0.409. The number of hydrogen-bond acceptors (Lipinski definition) is 6. The summed E-state index contributed by atoms with van der Waals surface area (Å²) in [5.74, 6) is -0.849. The molecule has 4 rings (SSSR count). The minimum absolute atomic E-state index is 0.0158. The number of rotatable bonds is 9. The van der Waals surface area contributed by atoms with E-state index in [-0.39, 0.29) is 18.7 Å². The molecule has 43 heavy (non-hydrogen) atoms. The molecule has 7 nitrogen and oxygen atoms in total. The van der Waals surface area contributed by atoms with Crippen LogP contribution >= 0.6 is 0 Å².